The van der Waals surface area contributed by atoms with E-state index in [9.17, 15) is 18.0 Å². The van der Waals surface area contributed by atoms with Gasteiger partial charge in [0.2, 0.25) is 0 Å². The molecule has 1 fully saturated rings. The molecule has 2 aliphatic heterocycles. The number of carbonyl (C=O) groups is 2. The van der Waals surface area contributed by atoms with E-state index in [1.807, 2.05) is 0 Å². The van der Waals surface area contributed by atoms with Crippen LogP contribution in [0.15, 0.2) is 46.0 Å². The Balaban J connectivity index is 1.33. The first-order chi connectivity index (χ1) is 13.0. The highest BCUT2D eigenvalue weighted by Gasteiger charge is 2.35. The van der Waals surface area contributed by atoms with Gasteiger partial charge in [0, 0.05) is 39.3 Å². The largest absolute Gasteiger partial charge is 0.299 e. The molecular formula is C18H19N3O4S2. The Morgan fingerprint density at radius 1 is 0.852 bits per heavy atom. The topological polar surface area (TPSA) is 78.0 Å². The van der Waals surface area contributed by atoms with Crippen molar-refractivity contribution in [2.75, 3.05) is 39.3 Å². The van der Waals surface area contributed by atoms with Crippen LogP contribution in [0.2, 0.25) is 0 Å². The number of hydrogen-bond acceptors (Lipinski definition) is 6. The van der Waals surface area contributed by atoms with Crippen molar-refractivity contribution in [1.82, 2.24) is 14.1 Å². The normalized spacial score (nSPS) is 18.9. The number of benzene rings is 1. The summed E-state index contributed by atoms with van der Waals surface area (Å²) in [4.78, 5) is 28.2. The SMILES string of the molecule is O=C1c2ccccc2C(=O)N1CCN1CCN(S(=O)(=O)c2cccs2)CC1. The summed E-state index contributed by atoms with van der Waals surface area (Å²) >= 11 is 1.22. The van der Waals surface area contributed by atoms with Crippen LogP contribution in [-0.4, -0.2) is 73.6 Å². The molecule has 9 heteroatoms. The van der Waals surface area contributed by atoms with Crippen LogP contribution in [0.1, 0.15) is 20.7 Å². The van der Waals surface area contributed by atoms with Crippen LogP contribution in [0.3, 0.4) is 0 Å². The molecule has 3 heterocycles. The fraction of sp³-hybridized carbons (Fsp3) is 0.333. The number of carbonyl (C=O) groups excluding carboxylic acids is 2. The van der Waals surface area contributed by atoms with Crippen molar-refractivity contribution in [3.63, 3.8) is 0 Å². The van der Waals surface area contributed by atoms with E-state index >= 15 is 0 Å². The highest BCUT2D eigenvalue weighted by molar-refractivity contribution is 7.91. The van der Waals surface area contributed by atoms with E-state index in [1.54, 1.807) is 41.8 Å². The highest BCUT2D eigenvalue weighted by atomic mass is 32.2. The van der Waals surface area contributed by atoms with Gasteiger partial charge in [-0.15, -0.1) is 11.3 Å². The van der Waals surface area contributed by atoms with E-state index in [2.05, 4.69) is 4.90 Å². The molecular weight excluding hydrogens is 386 g/mol. The number of fused-ring (bicyclic) bond motifs is 1. The lowest BCUT2D eigenvalue weighted by Crippen LogP contribution is -2.50. The van der Waals surface area contributed by atoms with Crippen LogP contribution in [0.5, 0.6) is 0 Å². The van der Waals surface area contributed by atoms with Gasteiger partial charge in [0.15, 0.2) is 0 Å². The molecule has 0 atom stereocenters. The van der Waals surface area contributed by atoms with Crippen molar-refractivity contribution in [2.45, 2.75) is 4.21 Å². The summed E-state index contributed by atoms with van der Waals surface area (Å²) in [5, 5.41) is 1.76. The van der Waals surface area contributed by atoms with Gasteiger partial charge in [-0.1, -0.05) is 18.2 Å². The van der Waals surface area contributed by atoms with E-state index in [4.69, 9.17) is 0 Å². The van der Waals surface area contributed by atoms with Crippen LogP contribution >= 0.6 is 11.3 Å². The predicted molar refractivity (Wildman–Crippen MR) is 101 cm³/mol. The van der Waals surface area contributed by atoms with E-state index < -0.39 is 10.0 Å². The number of sulfonamides is 1. The second-order valence-electron chi connectivity index (χ2n) is 6.49. The Morgan fingerprint density at radius 2 is 1.48 bits per heavy atom. The number of piperazine rings is 1. The van der Waals surface area contributed by atoms with Crippen LogP contribution in [0.25, 0.3) is 0 Å². The molecule has 0 bridgehead atoms. The highest BCUT2D eigenvalue weighted by Crippen LogP contribution is 2.23. The molecule has 27 heavy (non-hydrogen) atoms. The second-order valence-corrected chi connectivity index (χ2v) is 9.60. The Hall–Kier alpha value is -2.07. The minimum Gasteiger partial charge on any atom is -0.299 e. The molecule has 142 valence electrons. The fourth-order valence-corrected chi connectivity index (χ4v) is 5.98. The number of nitrogens with zero attached hydrogens (tertiary/aromatic N) is 3. The minimum atomic E-state index is -3.42. The zero-order valence-electron chi connectivity index (χ0n) is 14.6. The molecule has 2 aliphatic rings. The molecule has 0 radical (unpaired) electrons. The van der Waals surface area contributed by atoms with Crippen molar-refractivity contribution < 1.29 is 18.0 Å². The molecule has 7 nitrogen and oxygen atoms in total. The molecule has 1 saturated heterocycles. The first-order valence-electron chi connectivity index (χ1n) is 8.70. The summed E-state index contributed by atoms with van der Waals surface area (Å²) in [5.74, 6) is -0.510. The molecule has 0 spiro atoms. The summed E-state index contributed by atoms with van der Waals surface area (Å²) < 4.78 is 27.0. The number of hydrogen-bond donors (Lipinski definition) is 0. The third-order valence-electron chi connectivity index (χ3n) is 4.94. The van der Waals surface area contributed by atoms with Crippen molar-refractivity contribution >= 4 is 33.2 Å². The van der Waals surface area contributed by atoms with Gasteiger partial charge in [-0.25, -0.2) is 8.42 Å². The molecule has 2 amide bonds. The maximum Gasteiger partial charge on any atom is 0.261 e. The van der Waals surface area contributed by atoms with Crippen LogP contribution in [-0.2, 0) is 10.0 Å². The second kappa shape index (κ2) is 7.16. The van der Waals surface area contributed by atoms with Gasteiger partial charge >= 0.3 is 0 Å². The average molecular weight is 406 g/mol. The lowest BCUT2D eigenvalue weighted by atomic mass is 10.1. The van der Waals surface area contributed by atoms with E-state index in [1.165, 1.54) is 20.5 Å². The fourth-order valence-electron chi connectivity index (χ4n) is 3.41. The smallest absolute Gasteiger partial charge is 0.261 e. The van der Waals surface area contributed by atoms with Crippen LogP contribution < -0.4 is 0 Å². The summed E-state index contributed by atoms with van der Waals surface area (Å²) in [6.45, 7) is 2.81. The van der Waals surface area contributed by atoms with Crippen LogP contribution in [0, 0.1) is 0 Å². The van der Waals surface area contributed by atoms with Gasteiger partial charge in [0.05, 0.1) is 11.1 Å². The number of rotatable bonds is 5. The van der Waals surface area contributed by atoms with Crippen molar-refractivity contribution in [1.29, 1.82) is 0 Å². The Kier molecular flexibility index (Phi) is 4.85. The van der Waals surface area contributed by atoms with Gasteiger partial charge in [0.25, 0.3) is 21.8 Å². The van der Waals surface area contributed by atoms with Gasteiger partial charge in [0.1, 0.15) is 4.21 Å². The zero-order chi connectivity index (χ0) is 19.0. The maximum absolute atomic E-state index is 12.6. The van der Waals surface area contributed by atoms with Crippen molar-refractivity contribution in [3.05, 3.63) is 52.9 Å². The summed E-state index contributed by atoms with van der Waals surface area (Å²) in [7, 11) is -3.42. The third-order valence-corrected chi connectivity index (χ3v) is 8.21. The van der Waals surface area contributed by atoms with Crippen molar-refractivity contribution in [2.24, 2.45) is 0 Å². The average Bonchev–Trinajstić information content (AvgIpc) is 3.30. The zero-order valence-corrected chi connectivity index (χ0v) is 16.2. The Labute approximate surface area is 161 Å². The monoisotopic (exact) mass is 405 g/mol. The standard InChI is InChI=1S/C18H19N3O4S2/c22-17-14-4-1-2-5-15(14)18(23)21(17)12-9-19-7-10-20(11-8-19)27(24,25)16-6-3-13-26-16/h1-6,13H,7-12H2. The molecule has 4 rings (SSSR count). The number of thiophene rings is 1. The number of amides is 2. The van der Waals surface area contributed by atoms with E-state index in [0.717, 1.165) is 0 Å². The van der Waals surface area contributed by atoms with Gasteiger partial charge in [-0.2, -0.15) is 4.31 Å². The predicted octanol–water partition coefficient (Wildman–Crippen LogP) is 1.35. The molecule has 0 aliphatic carbocycles. The summed E-state index contributed by atoms with van der Waals surface area (Å²) in [5.41, 5.74) is 0.906. The molecule has 0 saturated carbocycles. The van der Waals surface area contributed by atoms with Crippen LogP contribution in [0.4, 0.5) is 0 Å². The van der Waals surface area contributed by atoms with Crippen molar-refractivity contribution in [3.8, 4) is 0 Å². The summed E-state index contributed by atoms with van der Waals surface area (Å²) in [6.07, 6.45) is 0. The Bertz CT molecular complexity index is 929. The molecule has 0 N–H and O–H groups in total. The molecule has 1 aromatic carbocycles. The molecule has 0 unspecified atom stereocenters. The summed E-state index contributed by atoms with van der Waals surface area (Å²) in [6, 6.07) is 10.2. The lowest BCUT2D eigenvalue weighted by molar-refractivity contribution is 0.0628. The van der Waals surface area contributed by atoms with Gasteiger partial charge in [-0.05, 0) is 23.6 Å². The lowest BCUT2D eigenvalue weighted by Gasteiger charge is -2.34. The third kappa shape index (κ3) is 3.31. The molecule has 2 aromatic rings. The van der Waals surface area contributed by atoms with Gasteiger partial charge in [-0.3, -0.25) is 19.4 Å². The molecule has 1 aromatic heterocycles. The Morgan fingerprint density at radius 3 is 2.04 bits per heavy atom. The number of imide groups is 1. The minimum absolute atomic E-state index is 0.255. The maximum atomic E-state index is 12.6. The van der Waals surface area contributed by atoms with Gasteiger partial charge < -0.3 is 0 Å². The van der Waals surface area contributed by atoms with E-state index in [-0.39, 0.29) is 11.8 Å². The quantitative estimate of drug-likeness (QED) is 0.702. The first-order valence-corrected chi connectivity index (χ1v) is 11.0. The first kappa shape index (κ1) is 18.3. The van der Waals surface area contributed by atoms with E-state index in [0.29, 0.717) is 54.6 Å².